The average Bonchev–Trinajstić information content (AvgIpc) is 2.37. The van der Waals surface area contributed by atoms with Gasteiger partial charge in [0.05, 0.1) is 5.41 Å². The lowest BCUT2D eigenvalue weighted by Crippen LogP contribution is -2.40. The molecule has 3 nitrogen and oxygen atoms in total. The van der Waals surface area contributed by atoms with Crippen molar-refractivity contribution in [3.05, 3.63) is 34.3 Å². The van der Waals surface area contributed by atoms with Gasteiger partial charge in [0.1, 0.15) is 0 Å². The number of aliphatic carboxylic acids is 1. The van der Waals surface area contributed by atoms with Crippen LogP contribution in [0.2, 0.25) is 0 Å². The van der Waals surface area contributed by atoms with Gasteiger partial charge in [-0.05, 0) is 24.5 Å². The van der Waals surface area contributed by atoms with Crippen LogP contribution in [0.25, 0.3) is 0 Å². The van der Waals surface area contributed by atoms with Crippen molar-refractivity contribution >= 4 is 21.9 Å². The molecule has 2 N–H and O–H groups in total. The zero-order valence-corrected chi connectivity index (χ0v) is 12.5. The Morgan fingerprint density at radius 2 is 1.94 bits per heavy atom. The summed E-state index contributed by atoms with van der Waals surface area (Å²) < 4.78 is 1.05. The van der Waals surface area contributed by atoms with E-state index < -0.39 is 11.4 Å². The van der Waals surface area contributed by atoms with E-state index in [0.717, 1.165) is 10.0 Å². The van der Waals surface area contributed by atoms with Gasteiger partial charge in [0, 0.05) is 17.6 Å². The molecule has 0 radical (unpaired) electrons. The number of carboxylic acids is 1. The van der Waals surface area contributed by atoms with Crippen LogP contribution in [-0.4, -0.2) is 17.6 Å². The van der Waals surface area contributed by atoms with Gasteiger partial charge in [-0.1, -0.05) is 48.0 Å². The fourth-order valence-electron chi connectivity index (χ4n) is 1.96. The van der Waals surface area contributed by atoms with Crippen molar-refractivity contribution in [3.63, 3.8) is 0 Å². The molecule has 0 aliphatic carbocycles. The molecule has 1 aromatic rings. The van der Waals surface area contributed by atoms with Gasteiger partial charge in [-0.2, -0.15) is 0 Å². The SMILES string of the molecule is CCC(CC)(CNCc1ccccc1Br)C(=O)O. The van der Waals surface area contributed by atoms with Gasteiger partial charge in [-0.15, -0.1) is 0 Å². The lowest BCUT2D eigenvalue weighted by Gasteiger charge is -2.27. The van der Waals surface area contributed by atoms with Gasteiger partial charge in [-0.25, -0.2) is 0 Å². The molecule has 0 saturated carbocycles. The third-order valence-corrected chi connectivity index (χ3v) is 4.32. The Balaban J connectivity index is 2.60. The Labute approximate surface area is 117 Å². The van der Waals surface area contributed by atoms with Crippen LogP contribution in [0.15, 0.2) is 28.7 Å². The van der Waals surface area contributed by atoms with E-state index in [1.807, 2.05) is 38.1 Å². The number of hydrogen-bond donors (Lipinski definition) is 2. The first kappa shape index (κ1) is 15.2. The van der Waals surface area contributed by atoms with Crippen LogP contribution >= 0.6 is 15.9 Å². The number of rotatable bonds is 7. The lowest BCUT2D eigenvalue weighted by atomic mass is 9.82. The van der Waals surface area contributed by atoms with Crippen LogP contribution in [0.3, 0.4) is 0 Å². The number of nitrogens with one attached hydrogen (secondary N) is 1. The highest BCUT2D eigenvalue weighted by Crippen LogP contribution is 2.26. The lowest BCUT2D eigenvalue weighted by molar-refractivity contribution is -0.149. The van der Waals surface area contributed by atoms with E-state index >= 15 is 0 Å². The number of carbonyl (C=O) groups is 1. The van der Waals surface area contributed by atoms with E-state index in [9.17, 15) is 9.90 Å². The topological polar surface area (TPSA) is 49.3 Å². The summed E-state index contributed by atoms with van der Waals surface area (Å²) in [6.07, 6.45) is 1.28. The Bertz CT molecular complexity index is 403. The van der Waals surface area contributed by atoms with Gasteiger partial charge < -0.3 is 10.4 Å². The molecular formula is C14H20BrNO2. The van der Waals surface area contributed by atoms with Crippen LogP contribution < -0.4 is 5.32 Å². The normalized spacial score (nSPS) is 11.5. The third-order valence-electron chi connectivity index (χ3n) is 3.54. The highest BCUT2D eigenvalue weighted by atomic mass is 79.9. The van der Waals surface area contributed by atoms with Crippen molar-refractivity contribution in [1.29, 1.82) is 0 Å². The number of halogens is 1. The first-order valence-corrected chi connectivity index (χ1v) is 7.02. The molecule has 1 rings (SSSR count). The summed E-state index contributed by atoms with van der Waals surface area (Å²) in [5.41, 5.74) is 0.491. The van der Waals surface area contributed by atoms with E-state index in [-0.39, 0.29) is 0 Å². The van der Waals surface area contributed by atoms with Crippen molar-refractivity contribution in [2.45, 2.75) is 33.2 Å². The second-order valence-electron chi connectivity index (χ2n) is 4.49. The molecular weight excluding hydrogens is 294 g/mol. The van der Waals surface area contributed by atoms with Crippen LogP contribution in [0.4, 0.5) is 0 Å². The Morgan fingerprint density at radius 1 is 1.33 bits per heavy atom. The highest BCUT2D eigenvalue weighted by Gasteiger charge is 2.34. The van der Waals surface area contributed by atoms with Gasteiger partial charge in [0.25, 0.3) is 0 Å². The van der Waals surface area contributed by atoms with Crippen LogP contribution in [-0.2, 0) is 11.3 Å². The monoisotopic (exact) mass is 313 g/mol. The molecule has 18 heavy (non-hydrogen) atoms. The van der Waals surface area contributed by atoms with E-state index in [1.54, 1.807) is 0 Å². The molecule has 0 unspecified atom stereocenters. The average molecular weight is 314 g/mol. The molecule has 0 amide bonds. The molecule has 100 valence electrons. The Hall–Kier alpha value is -0.870. The highest BCUT2D eigenvalue weighted by molar-refractivity contribution is 9.10. The quantitative estimate of drug-likeness (QED) is 0.810. The molecule has 0 aromatic heterocycles. The number of hydrogen-bond acceptors (Lipinski definition) is 2. The van der Waals surface area contributed by atoms with Gasteiger partial charge in [-0.3, -0.25) is 4.79 Å². The van der Waals surface area contributed by atoms with Gasteiger partial charge >= 0.3 is 5.97 Å². The van der Waals surface area contributed by atoms with Gasteiger partial charge in [0.2, 0.25) is 0 Å². The van der Waals surface area contributed by atoms with Crippen LogP contribution in [0.1, 0.15) is 32.3 Å². The maximum absolute atomic E-state index is 11.3. The zero-order valence-electron chi connectivity index (χ0n) is 10.9. The number of carboxylic acid groups (broad SMARTS) is 1. The molecule has 0 saturated heterocycles. The predicted octanol–water partition coefficient (Wildman–Crippen LogP) is 3.43. The van der Waals surface area contributed by atoms with E-state index in [0.29, 0.717) is 25.9 Å². The molecule has 0 aliphatic rings. The Kier molecular flexibility index (Phi) is 5.82. The summed E-state index contributed by atoms with van der Waals surface area (Å²) in [5, 5.41) is 12.6. The van der Waals surface area contributed by atoms with E-state index in [2.05, 4.69) is 21.2 Å². The second-order valence-corrected chi connectivity index (χ2v) is 5.34. The molecule has 0 atom stereocenters. The molecule has 0 spiro atoms. The smallest absolute Gasteiger partial charge is 0.310 e. The van der Waals surface area contributed by atoms with Crippen LogP contribution in [0, 0.1) is 5.41 Å². The standard InChI is InChI=1S/C14H20BrNO2/c1-3-14(4-2,13(17)18)10-16-9-11-7-5-6-8-12(11)15/h5-8,16H,3-4,9-10H2,1-2H3,(H,17,18). The fourth-order valence-corrected chi connectivity index (χ4v) is 2.38. The second kappa shape index (κ2) is 6.90. The summed E-state index contributed by atoms with van der Waals surface area (Å²) in [5.74, 6) is -0.716. The maximum atomic E-state index is 11.3. The fraction of sp³-hybridized carbons (Fsp3) is 0.500. The van der Waals surface area contributed by atoms with Crippen molar-refractivity contribution in [3.8, 4) is 0 Å². The molecule has 4 heteroatoms. The van der Waals surface area contributed by atoms with E-state index in [4.69, 9.17) is 0 Å². The first-order valence-electron chi connectivity index (χ1n) is 6.23. The predicted molar refractivity (Wildman–Crippen MR) is 76.5 cm³/mol. The molecule has 0 fully saturated rings. The minimum absolute atomic E-state index is 0.497. The summed E-state index contributed by atoms with van der Waals surface area (Å²) in [6.45, 7) is 5.03. The number of benzene rings is 1. The summed E-state index contributed by atoms with van der Waals surface area (Å²) in [7, 11) is 0. The largest absolute Gasteiger partial charge is 0.481 e. The minimum Gasteiger partial charge on any atom is -0.481 e. The van der Waals surface area contributed by atoms with Crippen LogP contribution in [0.5, 0.6) is 0 Å². The van der Waals surface area contributed by atoms with Crippen molar-refractivity contribution in [2.24, 2.45) is 5.41 Å². The Morgan fingerprint density at radius 3 is 2.44 bits per heavy atom. The summed E-state index contributed by atoms with van der Waals surface area (Å²) in [6, 6.07) is 7.96. The van der Waals surface area contributed by atoms with Crippen molar-refractivity contribution < 1.29 is 9.90 Å². The molecule has 0 aliphatic heterocycles. The zero-order chi connectivity index (χ0) is 13.6. The van der Waals surface area contributed by atoms with Gasteiger partial charge in [0.15, 0.2) is 0 Å². The van der Waals surface area contributed by atoms with Crippen molar-refractivity contribution in [1.82, 2.24) is 5.32 Å². The minimum atomic E-state index is -0.716. The molecule has 0 heterocycles. The summed E-state index contributed by atoms with van der Waals surface area (Å²) in [4.78, 5) is 11.3. The third kappa shape index (κ3) is 3.56. The summed E-state index contributed by atoms with van der Waals surface area (Å²) >= 11 is 3.48. The van der Waals surface area contributed by atoms with E-state index in [1.165, 1.54) is 0 Å². The first-order chi connectivity index (χ1) is 8.55. The molecule has 0 bridgehead atoms. The molecule has 1 aromatic carbocycles. The van der Waals surface area contributed by atoms with Crippen molar-refractivity contribution in [2.75, 3.05) is 6.54 Å². The maximum Gasteiger partial charge on any atom is 0.310 e.